The van der Waals surface area contributed by atoms with Crippen molar-refractivity contribution in [1.82, 2.24) is 4.98 Å². The summed E-state index contributed by atoms with van der Waals surface area (Å²) in [6.45, 7) is 5.76. The van der Waals surface area contributed by atoms with Crippen molar-refractivity contribution in [2.24, 2.45) is 0 Å². The molecule has 0 bridgehead atoms. The van der Waals surface area contributed by atoms with Crippen LogP contribution in [0.15, 0.2) is 0 Å². The molecular weight excluding hydrogens is 170 g/mol. The highest BCUT2D eigenvalue weighted by Gasteiger charge is 2.00. The molecule has 0 aliphatic heterocycles. The van der Waals surface area contributed by atoms with Gasteiger partial charge in [0.25, 0.3) is 0 Å². The number of aromatic nitrogens is 1. The van der Waals surface area contributed by atoms with Crippen LogP contribution in [0.5, 0.6) is 5.88 Å². The van der Waals surface area contributed by atoms with Crippen LogP contribution < -0.4 is 0 Å². The van der Waals surface area contributed by atoms with E-state index < -0.39 is 0 Å². The number of thiazole rings is 1. The van der Waals surface area contributed by atoms with Crippen molar-refractivity contribution in [1.29, 1.82) is 0 Å². The van der Waals surface area contributed by atoms with Crippen LogP contribution in [0.2, 0.25) is 4.47 Å². The second kappa shape index (κ2) is 4.52. The molecule has 0 spiro atoms. The molecule has 1 aromatic rings. The zero-order valence-corrected chi connectivity index (χ0v) is 7.75. The van der Waals surface area contributed by atoms with Gasteiger partial charge in [0.15, 0.2) is 4.47 Å². The first-order valence-corrected chi connectivity index (χ1v) is 4.21. The number of aromatic hydroxyl groups is 1. The fourth-order valence-electron chi connectivity index (χ4n) is 0.357. The summed E-state index contributed by atoms with van der Waals surface area (Å²) in [6, 6.07) is 0. The van der Waals surface area contributed by atoms with Crippen molar-refractivity contribution >= 4 is 22.9 Å². The lowest BCUT2D eigenvalue weighted by Gasteiger charge is -1.76. The molecule has 2 nitrogen and oxygen atoms in total. The van der Waals surface area contributed by atoms with Gasteiger partial charge in [-0.2, -0.15) is 4.98 Å². The van der Waals surface area contributed by atoms with Gasteiger partial charge in [0.1, 0.15) is 0 Å². The zero-order valence-electron chi connectivity index (χ0n) is 6.18. The van der Waals surface area contributed by atoms with Gasteiger partial charge in [-0.3, -0.25) is 0 Å². The Morgan fingerprint density at radius 3 is 2.10 bits per heavy atom. The first kappa shape index (κ1) is 9.72. The third kappa shape index (κ3) is 2.54. The molecule has 4 heteroatoms. The summed E-state index contributed by atoms with van der Waals surface area (Å²) in [5.74, 6) is 0.0417. The molecule has 1 N–H and O–H groups in total. The van der Waals surface area contributed by atoms with Crippen molar-refractivity contribution in [2.45, 2.75) is 20.8 Å². The maximum atomic E-state index is 8.75. The Balaban J connectivity index is 0.000000371. The van der Waals surface area contributed by atoms with E-state index >= 15 is 0 Å². The first-order chi connectivity index (χ1) is 4.70. The van der Waals surface area contributed by atoms with E-state index in [0.29, 0.717) is 4.47 Å². The molecule has 0 aliphatic carbocycles. The predicted molar refractivity (Wildman–Crippen MR) is 44.9 cm³/mol. The molecule has 0 aliphatic rings. The molecule has 0 atom stereocenters. The molecule has 0 saturated carbocycles. The number of aryl methyl sites for hydroxylation is 1. The lowest BCUT2D eigenvalue weighted by molar-refractivity contribution is 0.454. The molecule has 1 heterocycles. The van der Waals surface area contributed by atoms with Crippen LogP contribution in [0.25, 0.3) is 0 Å². The summed E-state index contributed by atoms with van der Waals surface area (Å²) in [4.78, 5) is 4.31. The number of halogens is 1. The summed E-state index contributed by atoms with van der Waals surface area (Å²) >= 11 is 6.69. The normalized spacial score (nSPS) is 8.40. The van der Waals surface area contributed by atoms with Gasteiger partial charge in [-0.1, -0.05) is 25.4 Å². The van der Waals surface area contributed by atoms with Crippen molar-refractivity contribution in [2.75, 3.05) is 0 Å². The van der Waals surface area contributed by atoms with Crippen molar-refractivity contribution in [3.05, 3.63) is 9.34 Å². The van der Waals surface area contributed by atoms with E-state index in [1.807, 2.05) is 13.8 Å². The smallest absolute Gasteiger partial charge is 0.226 e. The Morgan fingerprint density at radius 2 is 2.00 bits per heavy atom. The Kier molecular flexibility index (Phi) is 4.40. The topological polar surface area (TPSA) is 33.1 Å². The van der Waals surface area contributed by atoms with Crippen LogP contribution in [0.1, 0.15) is 18.7 Å². The quantitative estimate of drug-likeness (QED) is 0.665. The van der Waals surface area contributed by atoms with Crippen LogP contribution in [0.4, 0.5) is 0 Å². The summed E-state index contributed by atoms with van der Waals surface area (Å²) in [5, 5.41) is 8.75. The average molecular weight is 180 g/mol. The van der Waals surface area contributed by atoms with Gasteiger partial charge < -0.3 is 5.11 Å². The summed E-state index contributed by atoms with van der Waals surface area (Å²) in [7, 11) is 0. The maximum absolute atomic E-state index is 8.75. The minimum atomic E-state index is 0.0417. The molecule has 1 aromatic heterocycles. The number of hydrogen-bond acceptors (Lipinski definition) is 3. The Bertz CT molecular complexity index is 180. The second-order valence-electron chi connectivity index (χ2n) is 1.35. The molecule has 1 rings (SSSR count). The lowest BCUT2D eigenvalue weighted by atomic mass is 10.6. The average Bonchev–Trinajstić information content (AvgIpc) is 2.16. The number of hydrogen-bond donors (Lipinski definition) is 1. The monoisotopic (exact) mass is 179 g/mol. The highest BCUT2D eigenvalue weighted by atomic mass is 35.5. The van der Waals surface area contributed by atoms with Crippen LogP contribution in [-0.4, -0.2) is 10.1 Å². The highest BCUT2D eigenvalue weighted by Crippen LogP contribution is 2.25. The molecule has 0 aromatic carbocycles. The Hall–Kier alpha value is -0.280. The standard InChI is InChI=1S/C4H4ClNOS.C2H6/c1-2-3(7)6-4(5)8-2;1-2/h7H,1H3;1-2H3. The maximum Gasteiger partial charge on any atom is 0.226 e. The van der Waals surface area contributed by atoms with Gasteiger partial charge in [-0.25, -0.2) is 0 Å². The molecule has 10 heavy (non-hydrogen) atoms. The zero-order chi connectivity index (χ0) is 8.15. The minimum Gasteiger partial charge on any atom is -0.492 e. The van der Waals surface area contributed by atoms with E-state index in [2.05, 4.69) is 4.98 Å². The number of rotatable bonds is 0. The fourth-order valence-corrected chi connectivity index (χ4v) is 1.31. The first-order valence-electron chi connectivity index (χ1n) is 3.02. The molecule has 0 unspecified atom stereocenters. The molecule has 58 valence electrons. The van der Waals surface area contributed by atoms with Gasteiger partial charge in [-0.15, -0.1) is 11.3 Å². The molecule has 0 radical (unpaired) electrons. The largest absolute Gasteiger partial charge is 0.492 e. The highest BCUT2D eigenvalue weighted by molar-refractivity contribution is 7.15. The molecule has 0 fully saturated rings. The van der Waals surface area contributed by atoms with Gasteiger partial charge in [0.2, 0.25) is 5.88 Å². The lowest BCUT2D eigenvalue weighted by Crippen LogP contribution is -1.61. The van der Waals surface area contributed by atoms with E-state index in [0.717, 1.165) is 4.88 Å². The second-order valence-corrected chi connectivity index (χ2v) is 3.13. The van der Waals surface area contributed by atoms with Crippen LogP contribution in [-0.2, 0) is 0 Å². The third-order valence-electron chi connectivity index (χ3n) is 0.746. The SMILES string of the molecule is CC.Cc1sc(Cl)nc1O. The summed E-state index contributed by atoms with van der Waals surface area (Å²) in [5.41, 5.74) is 0. The Labute approximate surface area is 69.5 Å². The molecule has 0 saturated heterocycles. The Morgan fingerprint density at radius 1 is 1.50 bits per heavy atom. The van der Waals surface area contributed by atoms with E-state index in [1.165, 1.54) is 11.3 Å². The van der Waals surface area contributed by atoms with E-state index in [1.54, 1.807) is 6.92 Å². The van der Waals surface area contributed by atoms with Gasteiger partial charge >= 0.3 is 0 Å². The summed E-state index contributed by atoms with van der Waals surface area (Å²) in [6.07, 6.45) is 0. The fraction of sp³-hybridized carbons (Fsp3) is 0.500. The van der Waals surface area contributed by atoms with Crippen LogP contribution >= 0.6 is 22.9 Å². The minimum absolute atomic E-state index is 0.0417. The molecule has 0 amide bonds. The summed E-state index contributed by atoms with van der Waals surface area (Å²) < 4.78 is 0.389. The van der Waals surface area contributed by atoms with Gasteiger partial charge in [0.05, 0.1) is 4.88 Å². The third-order valence-corrected chi connectivity index (χ3v) is 1.81. The predicted octanol–water partition coefficient (Wildman–Crippen LogP) is 2.84. The van der Waals surface area contributed by atoms with Gasteiger partial charge in [0, 0.05) is 0 Å². The van der Waals surface area contributed by atoms with Gasteiger partial charge in [-0.05, 0) is 6.92 Å². The van der Waals surface area contributed by atoms with Crippen molar-refractivity contribution in [3.63, 3.8) is 0 Å². The molecular formula is C6H10ClNOS. The van der Waals surface area contributed by atoms with Crippen molar-refractivity contribution < 1.29 is 5.11 Å². The van der Waals surface area contributed by atoms with E-state index in [9.17, 15) is 0 Å². The van der Waals surface area contributed by atoms with Crippen LogP contribution in [0, 0.1) is 6.92 Å². The van der Waals surface area contributed by atoms with E-state index in [4.69, 9.17) is 16.7 Å². The number of nitrogens with zero attached hydrogens (tertiary/aromatic N) is 1. The van der Waals surface area contributed by atoms with Crippen molar-refractivity contribution in [3.8, 4) is 5.88 Å². The van der Waals surface area contributed by atoms with Crippen LogP contribution in [0.3, 0.4) is 0 Å². The van der Waals surface area contributed by atoms with E-state index in [-0.39, 0.29) is 5.88 Å².